The third-order valence-corrected chi connectivity index (χ3v) is 3.51. The SMILES string of the molecule is CCOC(=O)c1n[nH]n2c1c(C(=O)OCC)c(=O)c1ccccc12. The number of aromatic amines is 1. The summed E-state index contributed by atoms with van der Waals surface area (Å²) in [6.45, 7) is 3.53. The van der Waals surface area contributed by atoms with Crippen molar-refractivity contribution >= 4 is 28.4 Å². The van der Waals surface area contributed by atoms with Crippen LogP contribution in [0, 0.1) is 0 Å². The van der Waals surface area contributed by atoms with Crippen molar-refractivity contribution in [3.63, 3.8) is 0 Å². The Morgan fingerprint density at radius 3 is 2.50 bits per heavy atom. The maximum atomic E-state index is 12.8. The predicted molar refractivity (Wildman–Crippen MR) is 85.2 cm³/mol. The van der Waals surface area contributed by atoms with Crippen LogP contribution in [0.1, 0.15) is 34.7 Å². The zero-order chi connectivity index (χ0) is 17.3. The highest BCUT2D eigenvalue weighted by Gasteiger charge is 2.27. The molecule has 0 amide bonds. The van der Waals surface area contributed by atoms with E-state index in [1.807, 2.05) is 0 Å². The highest BCUT2D eigenvalue weighted by molar-refractivity contribution is 6.07. The maximum Gasteiger partial charge on any atom is 0.361 e. The minimum atomic E-state index is -0.808. The van der Waals surface area contributed by atoms with Crippen LogP contribution in [0.5, 0.6) is 0 Å². The molecular weight excluding hydrogens is 314 g/mol. The van der Waals surface area contributed by atoms with E-state index in [2.05, 4.69) is 10.3 Å². The van der Waals surface area contributed by atoms with Crippen LogP contribution in [-0.2, 0) is 9.47 Å². The number of nitrogens with zero attached hydrogens (tertiary/aromatic N) is 2. The number of hydrogen-bond donors (Lipinski definition) is 1. The van der Waals surface area contributed by atoms with Crippen LogP contribution in [0.3, 0.4) is 0 Å². The third kappa shape index (κ3) is 2.32. The molecular formula is C16H15N3O5. The van der Waals surface area contributed by atoms with Crippen molar-refractivity contribution in [1.29, 1.82) is 0 Å². The zero-order valence-electron chi connectivity index (χ0n) is 13.2. The van der Waals surface area contributed by atoms with E-state index in [1.165, 1.54) is 4.52 Å². The van der Waals surface area contributed by atoms with E-state index in [9.17, 15) is 14.4 Å². The molecule has 0 aliphatic carbocycles. The number of aromatic nitrogens is 3. The molecule has 0 saturated heterocycles. The molecule has 0 saturated carbocycles. The average Bonchev–Trinajstić information content (AvgIpc) is 3.00. The molecule has 2 heterocycles. The first-order valence-corrected chi connectivity index (χ1v) is 7.46. The molecule has 0 unspecified atom stereocenters. The molecule has 0 spiro atoms. The van der Waals surface area contributed by atoms with Crippen LogP contribution in [0.2, 0.25) is 0 Å². The van der Waals surface area contributed by atoms with Gasteiger partial charge in [-0.1, -0.05) is 12.1 Å². The zero-order valence-corrected chi connectivity index (χ0v) is 13.2. The van der Waals surface area contributed by atoms with E-state index in [0.29, 0.717) is 10.9 Å². The van der Waals surface area contributed by atoms with Gasteiger partial charge in [-0.2, -0.15) is 0 Å². The first-order chi connectivity index (χ1) is 11.6. The lowest BCUT2D eigenvalue weighted by Crippen LogP contribution is -2.21. The molecule has 2 aromatic heterocycles. The second kappa shape index (κ2) is 6.15. The number of rotatable bonds is 4. The van der Waals surface area contributed by atoms with Crippen molar-refractivity contribution in [2.75, 3.05) is 13.2 Å². The van der Waals surface area contributed by atoms with Gasteiger partial charge in [0.25, 0.3) is 0 Å². The Kier molecular flexibility index (Phi) is 4.03. The van der Waals surface area contributed by atoms with Gasteiger partial charge in [-0.3, -0.25) is 4.79 Å². The first kappa shape index (κ1) is 15.7. The molecule has 124 valence electrons. The predicted octanol–water partition coefficient (Wildman–Crippen LogP) is 1.53. The van der Waals surface area contributed by atoms with Gasteiger partial charge in [-0.25, -0.2) is 19.3 Å². The Hall–Kier alpha value is -3.16. The van der Waals surface area contributed by atoms with E-state index in [-0.39, 0.29) is 30.0 Å². The number of carbonyl (C=O) groups is 2. The molecule has 1 N–H and O–H groups in total. The van der Waals surface area contributed by atoms with E-state index in [1.54, 1.807) is 38.1 Å². The summed E-state index contributed by atoms with van der Waals surface area (Å²) < 4.78 is 11.3. The van der Waals surface area contributed by atoms with Crippen LogP contribution in [0.25, 0.3) is 16.4 Å². The fraction of sp³-hybridized carbons (Fsp3) is 0.250. The maximum absolute atomic E-state index is 12.8. The fourth-order valence-corrected chi connectivity index (χ4v) is 2.55. The Bertz CT molecular complexity index is 1000. The van der Waals surface area contributed by atoms with Crippen molar-refractivity contribution in [1.82, 2.24) is 14.8 Å². The Balaban J connectivity index is 2.45. The second-order valence-corrected chi connectivity index (χ2v) is 4.91. The Morgan fingerprint density at radius 2 is 1.79 bits per heavy atom. The van der Waals surface area contributed by atoms with Crippen molar-refractivity contribution in [2.45, 2.75) is 13.8 Å². The smallest absolute Gasteiger partial charge is 0.361 e. The minimum absolute atomic E-state index is 0.0515. The third-order valence-electron chi connectivity index (χ3n) is 3.51. The normalized spacial score (nSPS) is 10.9. The number of carbonyl (C=O) groups excluding carboxylic acids is 2. The number of esters is 2. The molecule has 0 radical (unpaired) electrons. The quantitative estimate of drug-likeness (QED) is 0.728. The summed E-state index contributed by atoms with van der Waals surface area (Å²) in [4.78, 5) is 37.2. The topological polar surface area (TPSA) is 103 Å². The van der Waals surface area contributed by atoms with E-state index < -0.39 is 17.4 Å². The second-order valence-electron chi connectivity index (χ2n) is 4.91. The van der Waals surface area contributed by atoms with Crippen LogP contribution in [0.4, 0.5) is 0 Å². The van der Waals surface area contributed by atoms with E-state index in [4.69, 9.17) is 9.47 Å². The summed E-state index contributed by atoms with van der Waals surface area (Å²) in [5, 5.41) is 6.90. The molecule has 8 nitrogen and oxygen atoms in total. The lowest BCUT2D eigenvalue weighted by molar-refractivity contribution is 0.0521. The lowest BCUT2D eigenvalue weighted by atomic mass is 10.1. The summed E-state index contributed by atoms with van der Waals surface area (Å²) in [7, 11) is 0. The molecule has 1 aromatic carbocycles. The number of nitrogens with one attached hydrogen (secondary N) is 1. The monoisotopic (exact) mass is 329 g/mol. The molecule has 8 heteroatoms. The minimum Gasteiger partial charge on any atom is -0.462 e. The molecule has 0 aliphatic heterocycles. The molecule has 0 bridgehead atoms. The first-order valence-electron chi connectivity index (χ1n) is 7.46. The van der Waals surface area contributed by atoms with Crippen molar-refractivity contribution in [2.24, 2.45) is 0 Å². The number of benzene rings is 1. The molecule has 0 atom stereocenters. The summed E-state index contributed by atoms with van der Waals surface area (Å²) in [6, 6.07) is 6.71. The van der Waals surface area contributed by atoms with Gasteiger partial charge in [0.15, 0.2) is 5.69 Å². The average molecular weight is 329 g/mol. The number of para-hydroxylation sites is 1. The largest absolute Gasteiger partial charge is 0.462 e. The van der Waals surface area contributed by atoms with Crippen LogP contribution in [0.15, 0.2) is 29.1 Å². The van der Waals surface area contributed by atoms with Gasteiger partial charge in [-0.15, -0.1) is 5.10 Å². The van der Waals surface area contributed by atoms with Gasteiger partial charge >= 0.3 is 11.9 Å². The van der Waals surface area contributed by atoms with Gasteiger partial charge in [-0.05, 0) is 26.0 Å². The molecule has 3 aromatic rings. The Labute approximate surface area is 136 Å². The van der Waals surface area contributed by atoms with E-state index in [0.717, 1.165) is 0 Å². The summed E-state index contributed by atoms with van der Waals surface area (Å²) in [5.41, 5.74) is -0.352. The van der Waals surface area contributed by atoms with Crippen LogP contribution in [-0.4, -0.2) is 40.0 Å². The summed E-state index contributed by atoms with van der Waals surface area (Å²) >= 11 is 0. The Morgan fingerprint density at radius 1 is 1.12 bits per heavy atom. The molecule has 24 heavy (non-hydrogen) atoms. The van der Waals surface area contributed by atoms with Crippen molar-refractivity contribution in [3.05, 3.63) is 45.7 Å². The number of hydrogen-bond acceptors (Lipinski definition) is 6. The van der Waals surface area contributed by atoms with Gasteiger partial charge in [0.2, 0.25) is 5.43 Å². The molecule has 0 fully saturated rings. The summed E-state index contributed by atoms with van der Waals surface area (Å²) in [5.74, 6) is -1.53. The van der Waals surface area contributed by atoms with Gasteiger partial charge < -0.3 is 9.47 Å². The summed E-state index contributed by atoms with van der Waals surface area (Å²) in [6.07, 6.45) is 0. The highest BCUT2D eigenvalue weighted by atomic mass is 16.5. The lowest BCUT2D eigenvalue weighted by Gasteiger charge is -2.07. The van der Waals surface area contributed by atoms with Gasteiger partial charge in [0.05, 0.1) is 18.7 Å². The highest BCUT2D eigenvalue weighted by Crippen LogP contribution is 2.20. The number of pyridine rings is 1. The standard InChI is InChI=1S/C16H15N3O5/c1-3-23-15(21)11-13-12(16(22)24-4-2)17-18-19(13)10-8-6-5-7-9(10)14(11)20/h5-8,18H,3-4H2,1-2H3. The van der Waals surface area contributed by atoms with Crippen molar-refractivity contribution < 1.29 is 19.1 Å². The number of H-pyrrole nitrogens is 1. The van der Waals surface area contributed by atoms with Gasteiger partial charge in [0, 0.05) is 5.39 Å². The molecule has 0 aliphatic rings. The van der Waals surface area contributed by atoms with Crippen LogP contribution < -0.4 is 5.43 Å². The van der Waals surface area contributed by atoms with Gasteiger partial charge in [0.1, 0.15) is 11.1 Å². The fourth-order valence-electron chi connectivity index (χ4n) is 2.55. The van der Waals surface area contributed by atoms with Crippen LogP contribution >= 0.6 is 0 Å². The molecule has 3 rings (SSSR count). The van der Waals surface area contributed by atoms with Crippen molar-refractivity contribution in [3.8, 4) is 0 Å². The van der Waals surface area contributed by atoms with E-state index >= 15 is 0 Å². The number of ether oxygens (including phenoxy) is 2. The number of fused-ring (bicyclic) bond motifs is 3.